The Bertz CT molecular complexity index is 314. The third kappa shape index (κ3) is 2.34. The molecule has 4 atom stereocenters. The van der Waals surface area contributed by atoms with Gasteiger partial charge in [0.1, 0.15) is 0 Å². The summed E-state index contributed by atoms with van der Waals surface area (Å²) in [6.45, 7) is 7.86. The fourth-order valence-electron chi connectivity index (χ4n) is 4.80. The maximum Gasteiger partial charge on any atom is 0.0661 e. The van der Waals surface area contributed by atoms with Crippen LogP contribution in [-0.4, -0.2) is 49.8 Å². The molecule has 1 N–H and O–H groups in total. The first-order chi connectivity index (χ1) is 9.15. The molecule has 1 spiro atoms. The Balaban J connectivity index is 1.62. The van der Waals surface area contributed by atoms with Gasteiger partial charge >= 0.3 is 0 Å². The first-order valence-corrected chi connectivity index (χ1v) is 8.22. The van der Waals surface area contributed by atoms with Crippen molar-refractivity contribution in [3.8, 4) is 0 Å². The zero-order valence-corrected chi connectivity index (χ0v) is 12.8. The summed E-state index contributed by atoms with van der Waals surface area (Å²) in [5.74, 6) is 0.787. The monoisotopic (exact) mass is 266 g/mol. The van der Waals surface area contributed by atoms with Crippen LogP contribution in [0.15, 0.2) is 0 Å². The molecule has 1 aliphatic heterocycles. The molecule has 0 bridgehead atoms. The van der Waals surface area contributed by atoms with E-state index in [0.717, 1.165) is 12.5 Å². The molecular weight excluding hydrogens is 236 g/mol. The van der Waals surface area contributed by atoms with Gasteiger partial charge in [0.05, 0.1) is 6.10 Å². The lowest BCUT2D eigenvalue weighted by Crippen LogP contribution is -2.65. The number of likely N-dealkylation sites (N-methyl/N-ethyl adjacent to an activating group) is 1. The lowest BCUT2D eigenvalue weighted by atomic mass is 9.60. The van der Waals surface area contributed by atoms with Gasteiger partial charge < -0.3 is 15.0 Å². The highest BCUT2D eigenvalue weighted by molar-refractivity contribution is 5.11. The maximum atomic E-state index is 6.01. The van der Waals surface area contributed by atoms with Crippen LogP contribution in [0.1, 0.15) is 46.0 Å². The molecule has 0 radical (unpaired) electrons. The molecule has 3 fully saturated rings. The molecule has 3 nitrogen and oxygen atoms in total. The Morgan fingerprint density at radius 3 is 2.58 bits per heavy atom. The quantitative estimate of drug-likeness (QED) is 0.845. The average molecular weight is 266 g/mol. The minimum atomic E-state index is 0.483. The highest BCUT2D eigenvalue weighted by Gasteiger charge is 2.57. The lowest BCUT2D eigenvalue weighted by molar-refractivity contribution is -0.133. The minimum absolute atomic E-state index is 0.483. The first kappa shape index (κ1) is 13.8. The molecule has 1 heterocycles. The topological polar surface area (TPSA) is 24.5 Å². The molecule has 1 saturated heterocycles. The molecule has 0 amide bonds. The van der Waals surface area contributed by atoms with Crippen molar-refractivity contribution in [2.24, 2.45) is 11.3 Å². The Kier molecular flexibility index (Phi) is 3.89. The summed E-state index contributed by atoms with van der Waals surface area (Å²) < 4.78 is 6.01. The van der Waals surface area contributed by atoms with E-state index >= 15 is 0 Å². The molecule has 3 rings (SSSR count). The van der Waals surface area contributed by atoms with E-state index in [1.54, 1.807) is 0 Å². The smallest absolute Gasteiger partial charge is 0.0661 e. The summed E-state index contributed by atoms with van der Waals surface area (Å²) in [6, 6.07) is 1.40. The van der Waals surface area contributed by atoms with Crippen LogP contribution in [-0.2, 0) is 4.74 Å². The summed E-state index contributed by atoms with van der Waals surface area (Å²) in [7, 11) is 2.24. The number of likely N-dealkylation sites (tertiary alicyclic amines) is 1. The number of nitrogens with one attached hydrogen (secondary N) is 1. The SMILES string of the molecule is CCO[C@@H]1C[C@H](N[C@H]2CN(C)C[C@H]2C)C12CCCC2. The van der Waals surface area contributed by atoms with Crippen LogP contribution in [0.2, 0.25) is 0 Å². The summed E-state index contributed by atoms with van der Waals surface area (Å²) >= 11 is 0. The molecule has 0 aromatic heterocycles. The number of rotatable bonds is 4. The fourth-order valence-corrected chi connectivity index (χ4v) is 4.80. The van der Waals surface area contributed by atoms with Gasteiger partial charge in [-0.2, -0.15) is 0 Å². The fraction of sp³-hybridized carbons (Fsp3) is 1.00. The van der Waals surface area contributed by atoms with Crippen molar-refractivity contribution in [3.63, 3.8) is 0 Å². The van der Waals surface area contributed by atoms with Gasteiger partial charge in [-0.25, -0.2) is 0 Å². The normalized spacial score (nSPS) is 41.8. The standard InChI is InChI=1S/C16H30N2O/c1-4-19-15-9-14(16(15)7-5-6-8-16)17-13-11-18(3)10-12(13)2/h12-15,17H,4-11H2,1-3H3/t12-,13+,14+,15-/m1/s1. The van der Waals surface area contributed by atoms with E-state index in [9.17, 15) is 0 Å². The third-order valence-corrected chi connectivity index (χ3v) is 5.90. The van der Waals surface area contributed by atoms with Gasteiger partial charge in [0.25, 0.3) is 0 Å². The molecule has 2 aliphatic carbocycles. The highest BCUT2D eigenvalue weighted by Crippen LogP contribution is 2.55. The Labute approximate surface area is 118 Å². The van der Waals surface area contributed by atoms with Crippen molar-refractivity contribution in [1.82, 2.24) is 10.2 Å². The zero-order valence-electron chi connectivity index (χ0n) is 12.8. The van der Waals surface area contributed by atoms with Crippen molar-refractivity contribution in [1.29, 1.82) is 0 Å². The van der Waals surface area contributed by atoms with Crippen molar-refractivity contribution < 1.29 is 4.74 Å². The predicted octanol–water partition coefficient (Wildman–Crippen LogP) is 2.26. The van der Waals surface area contributed by atoms with Crippen LogP contribution in [0.5, 0.6) is 0 Å². The van der Waals surface area contributed by atoms with Gasteiger partial charge in [-0.05, 0) is 39.2 Å². The second kappa shape index (κ2) is 5.34. The van der Waals surface area contributed by atoms with Crippen molar-refractivity contribution in [2.45, 2.75) is 64.1 Å². The average Bonchev–Trinajstić information content (AvgIpc) is 2.97. The van der Waals surface area contributed by atoms with Gasteiger partial charge in [0.15, 0.2) is 0 Å². The molecule has 2 saturated carbocycles. The van der Waals surface area contributed by atoms with Crippen LogP contribution in [0, 0.1) is 11.3 Å². The molecule has 19 heavy (non-hydrogen) atoms. The Hall–Kier alpha value is -0.120. The van der Waals surface area contributed by atoms with Gasteiger partial charge in [0.2, 0.25) is 0 Å². The van der Waals surface area contributed by atoms with Crippen molar-refractivity contribution >= 4 is 0 Å². The van der Waals surface area contributed by atoms with E-state index in [2.05, 4.69) is 31.1 Å². The van der Waals surface area contributed by atoms with Gasteiger partial charge in [-0.3, -0.25) is 0 Å². The van der Waals surface area contributed by atoms with E-state index in [1.165, 1.54) is 45.2 Å². The van der Waals surface area contributed by atoms with Crippen molar-refractivity contribution in [2.75, 3.05) is 26.7 Å². The number of hydrogen-bond acceptors (Lipinski definition) is 3. The van der Waals surface area contributed by atoms with Gasteiger partial charge in [0, 0.05) is 37.2 Å². The van der Waals surface area contributed by atoms with Crippen LogP contribution in [0.25, 0.3) is 0 Å². The molecule has 3 aliphatic rings. The molecule has 0 unspecified atom stereocenters. The van der Waals surface area contributed by atoms with Crippen LogP contribution in [0.4, 0.5) is 0 Å². The van der Waals surface area contributed by atoms with Gasteiger partial charge in [-0.15, -0.1) is 0 Å². The Morgan fingerprint density at radius 2 is 2.00 bits per heavy atom. The highest BCUT2D eigenvalue weighted by atomic mass is 16.5. The third-order valence-electron chi connectivity index (χ3n) is 5.90. The zero-order chi connectivity index (χ0) is 13.5. The van der Waals surface area contributed by atoms with Crippen LogP contribution >= 0.6 is 0 Å². The molecular formula is C16H30N2O. The van der Waals surface area contributed by atoms with E-state index in [4.69, 9.17) is 4.74 Å². The van der Waals surface area contributed by atoms with E-state index in [0.29, 0.717) is 23.6 Å². The van der Waals surface area contributed by atoms with Crippen LogP contribution in [0.3, 0.4) is 0 Å². The summed E-state index contributed by atoms with van der Waals surface area (Å²) in [5.41, 5.74) is 0.483. The van der Waals surface area contributed by atoms with E-state index in [1.807, 2.05) is 0 Å². The molecule has 110 valence electrons. The number of hydrogen-bond donors (Lipinski definition) is 1. The number of nitrogens with zero attached hydrogens (tertiary/aromatic N) is 1. The maximum absolute atomic E-state index is 6.01. The molecule has 0 aromatic carbocycles. The van der Waals surface area contributed by atoms with Gasteiger partial charge in [-0.1, -0.05) is 19.8 Å². The second-order valence-corrected chi connectivity index (χ2v) is 7.14. The molecule has 3 heteroatoms. The summed E-state index contributed by atoms with van der Waals surface area (Å²) in [5, 5.41) is 3.99. The summed E-state index contributed by atoms with van der Waals surface area (Å²) in [6.07, 6.45) is 7.34. The number of ether oxygens (including phenoxy) is 1. The van der Waals surface area contributed by atoms with Crippen LogP contribution < -0.4 is 5.32 Å². The lowest BCUT2D eigenvalue weighted by Gasteiger charge is -2.55. The summed E-state index contributed by atoms with van der Waals surface area (Å²) in [4.78, 5) is 2.46. The largest absolute Gasteiger partial charge is 0.378 e. The van der Waals surface area contributed by atoms with Crippen molar-refractivity contribution in [3.05, 3.63) is 0 Å². The Morgan fingerprint density at radius 1 is 1.26 bits per heavy atom. The predicted molar refractivity (Wildman–Crippen MR) is 78.3 cm³/mol. The first-order valence-electron chi connectivity index (χ1n) is 8.22. The second-order valence-electron chi connectivity index (χ2n) is 7.14. The molecule has 0 aromatic rings. The minimum Gasteiger partial charge on any atom is -0.378 e. The van der Waals surface area contributed by atoms with E-state index in [-0.39, 0.29) is 0 Å². The van der Waals surface area contributed by atoms with E-state index < -0.39 is 0 Å².